The highest BCUT2D eigenvalue weighted by Gasteiger charge is 2.13. The average Bonchev–Trinajstić information content (AvgIpc) is 2.94. The quantitative estimate of drug-likeness (QED) is 0.767. The van der Waals surface area contributed by atoms with E-state index in [2.05, 4.69) is 11.1 Å². The third-order valence-corrected chi connectivity index (χ3v) is 3.87. The van der Waals surface area contributed by atoms with E-state index < -0.39 is 11.7 Å². The third-order valence-electron chi connectivity index (χ3n) is 3.57. The van der Waals surface area contributed by atoms with Crippen molar-refractivity contribution in [2.45, 2.75) is 6.42 Å². The van der Waals surface area contributed by atoms with Gasteiger partial charge in [-0.2, -0.15) is 5.26 Å². The molecule has 0 unspecified atom stereocenters. The number of nitriles is 1. The van der Waals surface area contributed by atoms with Gasteiger partial charge in [-0.15, -0.1) is 0 Å². The molecule has 1 amide bonds. The number of carbonyl (C=O) groups excluding carboxylic acids is 1. The van der Waals surface area contributed by atoms with Crippen molar-refractivity contribution in [1.29, 1.82) is 5.26 Å². The molecule has 3 N–H and O–H groups in total. The number of rotatable bonds is 3. The molecule has 0 fully saturated rings. The monoisotopic (exact) mass is 327 g/mol. The summed E-state index contributed by atoms with van der Waals surface area (Å²) in [5.74, 6) is -1.12. The van der Waals surface area contributed by atoms with Gasteiger partial charge in [0, 0.05) is 10.9 Å². The van der Waals surface area contributed by atoms with Crippen LogP contribution in [0.3, 0.4) is 0 Å². The summed E-state index contributed by atoms with van der Waals surface area (Å²) in [5.41, 5.74) is 8.25. The third kappa shape index (κ3) is 2.77. The van der Waals surface area contributed by atoms with Crippen molar-refractivity contribution < 1.29 is 9.18 Å². The van der Waals surface area contributed by atoms with Gasteiger partial charge in [-0.1, -0.05) is 17.7 Å². The molecule has 0 saturated heterocycles. The maximum atomic E-state index is 13.8. The molecular formula is C17H11ClFN3O. The Morgan fingerprint density at radius 1 is 1.30 bits per heavy atom. The molecule has 3 aromatic rings. The molecule has 6 heteroatoms. The Hall–Kier alpha value is -2.84. The smallest absolute Gasteiger partial charge is 0.265 e. The molecule has 23 heavy (non-hydrogen) atoms. The summed E-state index contributed by atoms with van der Waals surface area (Å²) in [4.78, 5) is 14.3. The molecule has 0 spiro atoms. The predicted molar refractivity (Wildman–Crippen MR) is 86.5 cm³/mol. The van der Waals surface area contributed by atoms with Gasteiger partial charge in [-0.25, -0.2) is 4.39 Å². The number of aromatic amines is 1. The number of aromatic nitrogens is 1. The first-order valence-electron chi connectivity index (χ1n) is 6.77. The van der Waals surface area contributed by atoms with Crippen LogP contribution in [0.25, 0.3) is 22.0 Å². The van der Waals surface area contributed by atoms with Crippen molar-refractivity contribution in [3.05, 3.63) is 58.5 Å². The van der Waals surface area contributed by atoms with Crippen molar-refractivity contribution in [3.63, 3.8) is 0 Å². The number of nitrogens with two attached hydrogens (primary N) is 1. The number of primary amides is 1. The van der Waals surface area contributed by atoms with Crippen molar-refractivity contribution in [2.24, 2.45) is 5.73 Å². The molecule has 0 bridgehead atoms. The normalized spacial score (nSPS) is 10.7. The molecule has 2 aromatic carbocycles. The van der Waals surface area contributed by atoms with Gasteiger partial charge in [0.05, 0.1) is 23.0 Å². The van der Waals surface area contributed by atoms with E-state index in [0.717, 1.165) is 10.9 Å². The minimum Gasteiger partial charge on any atom is -0.364 e. The van der Waals surface area contributed by atoms with Crippen molar-refractivity contribution in [1.82, 2.24) is 4.98 Å². The Morgan fingerprint density at radius 3 is 2.74 bits per heavy atom. The molecule has 1 aromatic heterocycles. The summed E-state index contributed by atoms with van der Waals surface area (Å²) in [6, 6.07) is 11.8. The molecule has 3 rings (SSSR count). The first kappa shape index (κ1) is 15.1. The lowest BCUT2D eigenvalue weighted by molar-refractivity contribution is 0.0996. The number of H-pyrrole nitrogens is 1. The molecule has 0 aliphatic heterocycles. The van der Waals surface area contributed by atoms with E-state index in [9.17, 15) is 9.18 Å². The van der Waals surface area contributed by atoms with E-state index >= 15 is 0 Å². The number of hydrogen-bond donors (Lipinski definition) is 2. The maximum absolute atomic E-state index is 13.8. The Balaban J connectivity index is 2.29. The largest absolute Gasteiger partial charge is 0.364 e. The zero-order valence-electron chi connectivity index (χ0n) is 11.9. The number of halogens is 2. The molecule has 0 radical (unpaired) electrons. The second-order valence-electron chi connectivity index (χ2n) is 5.12. The van der Waals surface area contributed by atoms with Gasteiger partial charge >= 0.3 is 0 Å². The van der Waals surface area contributed by atoms with Gasteiger partial charge < -0.3 is 10.7 Å². The van der Waals surface area contributed by atoms with Crippen molar-refractivity contribution in [2.75, 3.05) is 0 Å². The molecule has 1 heterocycles. The zero-order valence-corrected chi connectivity index (χ0v) is 12.6. The topological polar surface area (TPSA) is 82.7 Å². The van der Waals surface area contributed by atoms with Crippen molar-refractivity contribution in [3.8, 4) is 17.2 Å². The van der Waals surface area contributed by atoms with Gasteiger partial charge in [0.15, 0.2) is 0 Å². The van der Waals surface area contributed by atoms with Crippen LogP contribution < -0.4 is 5.73 Å². The Kier molecular flexibility index (Phi) is 3.77. The van der Waals surface area contributed by atoms with Crippen molar-refractivity contribution >= 4 is 28.4 Å². The lowest BCUT2D eigenvalue weighted by Gasteiger charge is -2.07. The van der Waals surface area contributed by atoms with Crippen LogP contribution in [0.4, 0.5) is 4.39 Å². The highest BCUT2D eigenvalue weighted by molar-refractivity contribution is 6.30. The Bertz CT molecular complexity index is 972. The zero-order chi connectivity index (χ0) is 16.6. The van der Waals surface area contributed by atoms with E-state index in [1.807, 2.05) is 0 Å². The number of fused-ring (bicyclic) bond motifs is 1. The fourth-order valence-electron chi connectivity index (χ4n) is 2.52. The minimum atomic E-state index is -0.587. The summed E-state index contributed by atoms with van der Waals surface area (Å²) in [6.45, 7) is 0. The Labute approximate surface area is 136 Å². The summed E-state index contributed by atoms with van der Waals surface area (Å²) in [5, 5.41) is 9.68. The standard InChI is InChI=1S/C17H11ClFN3O/c18-13-2-1-10(7-14(13)19)12-6-9(3-4-20)5-11-8-15(17(21)23)22-16(11)12/h1-2,5-8,22H,3H2,(H2,21,23). The minimum absolute atomic E-state index is 0.0301. The first-order valence-corrected chi connectivity index (χ1v) is 7.15. The van der Waals surface area contributed by atoms with Crippen LogP contribution in [0.2, 0.25) is 5.02 Å². The van der Waals surface area contributed by atoms with Gasteiger partial charge in [0.1, 0.15) is 11.5 Å². The van der Waals surface area contributed by atoms with Gasteiger partial charge in [0.2, 0.25) is 0 Å². The molecule has 0 aliphatic carbocycles. The van der Waals surface area contributed by atoms with Gasteiger partial charge in [0.25, 0.3) is 5.91 Å². The number of amides is 1. The van der Waals surface area contributed by atoms with Crippen LogP contribution in [-0.4, -0.2) is 10.9 Å². The molecule has 114 valence electrons. The highest BCUT2D eigenvalue weighted by atomic mass is 35.5. The second kappa shape index (κ2) is 5.75. The number of nitrogens with zero attached hydrogens (tertiary/aromatic N) is 1. The summed E-state index contributed by atoms with van der Waals surface area (Å²) < 4.78 is 13.8. The van der Waals surface area contributed by atoms with Crippen LogP contribution in [0.15, 0.2) is 36.4 Å². The second-order valence-corrected chi connectivity index (χ2v) is 5.53. The number of nitrogens with one attached hydrogen (secondary N) is 1. The predicted octanol–water partition coefficient (Wildman–Crippen LogP) is 3.79. The lowest BCUT2D eigenvalue weighted by Crippen LogP contribution is -2.10. The SMILES string of the molecule is N#CCc1cc(-c2ccc(Cl)c(F)c2)c2[nH]c(C(N)=O)cc2c1. The first-order chi connectivity index (χ1) is 11.0. The fourth-order valence-corrected chi connectivity index (χ4v) is 2.64. The number of hydrogen-bond acceptors (Lipinski definition) is 2. The van der Waals surface area contributed by atoms with E-state index in [1.165, 1.54) is 12.1 Å². The van der Waals surface area contributed by atoms with Gasteiger partial charge in [-0.3, -0.25) is 4.79 Å². The van der Waals surface area contributed by atoms with Crippen LogP contribution in [-0.2, 0) is 6.42 Å². The maximum Gasteiger partial charge on any atom is 0.265 e. The molecule has 0 aliphatic rings. The summed E-state index contributed by atoms with van der Waals surface area (Å²) >= 11 is 5.73. The average molecular weight is 328 g/mol. The van der Waals surface area contributed by atoms with E-state index in [0.29, 0.717) is 16.6 Å². The highest BCUT2D eigenvalue weighted by Crippen LogP contribution is 2.32. The van der Waals surface area contributed by atoms with Gasteiger partial charge in [-0.05, 0) is 41.5 Å². The van der Waals surface area contributed by atoms with Crippen LogP contribution >= 0.6 is 11.6 Å². The van der Waals surface area contributed by atoms with Crippen LogP contribution in [0.1, 0.15) is 16.1 Å². The fraction of sp³-hybridized carbons (Fsp3) is 0.0588. The summed E-state index contributed by atoms with van der Waals surface area (Å²) in [6.07, 6.45) is 0.204. The molecule has 0 saturated carbocycles. The van der Waals surface area contributed by atoms with Crippen LogP contribution in [0.5, 0.6) is 0 Å². The number of benzene rings is 2. The molecule has 4 nitrogen and oxygen atoms in total. The molecular weight excluding hydrogens is 317 g/mol. The lowest BCUT2D eigenvalue weighted by atomic mass is 9.99. The van der Waals surface area contributed by atoms with E-state index in [4.69, 9.17) is 22.6 Å². The Morgan fingerprint density at radius 2 is 2.09 bits per heavy atom. The van der Waals surface area contributed by atoms with E-state index in [1.54, 1.807) is 24.3 Å². The van der Waals surface area contributed by atoms with Crippen LogP contribution in [0, 0.1) is 17.1 Å². The number of carbonyl (C=O) groups is 1. The van der Waals surface area contributed by atoms with E-state index in [-0.39, 0.29) is 17.1 Å². The summed E-state index contributed by atoms with van der Waals surface area (Å²) in [7, 11) is 0. The molecule has 0 atom stereocenters.